The lowest BCUT2D eigenvalue weighted by atomic mass is 10.1. The van der Waals surface area contributed by atoms with Gasteiger partial charge in [0.05, 0.1) is 20.3 Å². The van der Waals surface area contributed by atoms with E-state index in [2.05, 4.69) is 0 Å². The Balaban J connectivity index is 1.58. The van der Waals surface area contributed by atoms with E-state index in [9.17, 15) is 9.59 Å². The molecule has 1 aromatic carbocycles. The Morgan fingerprint density at radius 1 is 0.960 bits per heavy atom. The van der Waals surface area contributed by atoms with Gasteiger partial charge in [-0.3, -0.25) is 4.79 Å². The zero-order valence-electron chi connectivity index (χ0n) is 14.9. The molecule has 1 aromatic rings. The van der Waals surface area contributed by atoms with Crippen LogP contribution >= 0.6 is 0 Å². The molecule has 0 aromatic heterocycles. The fourth-order valence-corrected chi connectivity index (χ4v) is 3.19. The zero-order valence-corrected chi connectivity index (χ0v) is 14.9. The summed E-state index contributed by atoms with van der Waals surface area (Å²) >= 11 is 0. The number of carbonyl (C=O) groups is 2. The summed E-state index contributed by atoms with van der Waals surface area (Å²) in [5.41, 5.74) is 1.62. The number of nitrogens with zero attached hydrogens (tertiary/aromatic N) is 3. The molecule has 25 heavy (non-hydrogen) atoms. The molecule has 0 atom stereocenters. The summed E-state index contributed by atoms with van der Waals surface area (Å²) in [7, 11) is 1.60. The maximum absolute atomic E-state index is 12.7. The molecule has 136 valence electrons. The number of piperazine rings is 1. The number of ether oxygens (including phenoxy) is 2. The number of methoxy groups -OCH3 is 1. The molecule has 0 radical (unpaired) electrons. The highest BCUT2D eigenvalue weighted by Gasteiger charge is 2.28. The highest BCUT2D eigenvalue weighted by molar-refractivity contribution is 5.95. The minimum absolute atomic E-state index is 0.0169. The lowest BCUT2D eigenvalue weighted by molar-refractivity contribution is 0.0362. The normalized spacial score (nSPS) is 18.2. The maximum Gasteiger partial charge on any atom is 0.320 e. The first-order chi connectivity index (χ1) is 12.1. The van der Waals surface area contributed by atoms with Gasteiger partial charge in [0.1, 0.15) is 5.75 Å². The minimum Gasteiger partial charge on any atom is -0.496 e. The fraction of sp³-hybridized carbons (Fsp3) is 0.556. The van der Waals surface area contributed by atoms with Gasteiger partial charge in [0.25, 0.3) is 5.91 Å². The Kier molecular flexibility index (Phi) is 5.43. The zero-order chi connectivity index (χ0) is 17.8. The third-order valence-electron chi connectivity index (χ3n) is 4.77. The van der Waals surface area contributed by atoms with Crippen LogP contribution in [-0.2, 0) is 4.74 Å². The van der Waals surface area contributed by atoms with Crippen molar-refractivity contribution in [3.63, 3.8) is 0 Å². The molecule has 7 heteroatoms. The summed E-state index contributed by atoms with van der Waals surface area (Å²) in [4.78, 5) is 30.6. The monoisotopic (exact) mass is 347 g/mol. The van der Waals surface area contributed by atoms with E-state index < -0.39 is 0 Å². The summed E-state index contributed by atoms with van der Waals surface area (Å²) in [5.74, 6) is 0.698. The Morgan fingerprint density at radius 2 is 1.56 bits per heavy atom. The number of hydrogen-bond acceptors (Lipinski definition) is 4. The first-order valence-corrected chi connectivity index (χ1v) is 8.65. The number of aryl methyl sites for hydroxylation is 1. The van der Waals surface area contributed by atoms with Crippen LogP contribution in [0, 0.1) is 6.92 Å². The van der Waals surface area contributed by atoms with Crippen molar-refractivity contribution in [3.8, 4) is 5.75 Å². The maximum atomic E-state index is 12.7. The van der Waals surface area contributed by atoms with Gasteiger partial charge in [0, 0.05) is 44.8 Å². The number of urea groups is 1. The second-order valence-corrected chi connectivity index (χ2v) is 6.35. The molecule has 0 aliphatic carbocycles. The van der Waals surface area contributed by atoms with Crippen LogP contribution in [0.5, 0.6) is 5.75 Å². The van der Waals surface area contributed by atoms with Crippen molar-refractivity contribution in [3.05, 3.63) is 29.3 Å². The second kappa shape index (κ2) is 7.74. The molecule has 7 nitrogen and oxygen atoms in total. The molecule has 0 saturated carbocycles. The number of hydrogen-bond donors (Lipinski definition) is 0. The standard InChI is InChI=1S/C18H25N3O4/c1-14-3-4-15(13-16(14)24-2)17(22)19-5-7-20(8-6-19)18(23)21-9-11-25-12-10-21/h3-4,13H,5-12H2,1-2H3. The van der Waals surface area contributed by atoms with E-state index in [0.29, 0.717) is 63.8 Å². The molecule has 2 saturated heterocycles. The quantitative estimate of drug-likeness (QED) is 0.807. The molecule has 2 fully saturated rings. The van der Waals surface area contributed by atoms with Crippen molar-refractivity contribution < 1.29 is 19.1 Å². The summed E-state index contributed by atoms with van der Waals surface area (Å²) in [6.45, 7) is 6.64. The summed E-state index contributed by atoms with van der Waals surface area (Å²) < 4.78 is 10.6. The molecular formula is C18H25N3O4. The number of carbonyl (C=O) groups excluding carboxylic acids is 2. The highest BCUT2D eigenvalue weighted by atomic mass is 16.5. The van der Waals surface area contributed by atoms with Crippen molar-refractivity contribution in [2.24, 2.45) is 0 Å². The lowest BCUT2D eigenvalue weighted by Crippen LogP contribution is -2.55. The van der Waals surface area contributed by atoms with Crippen LogP contribution in [0.3, 0.4) is 0 Å². The van der Waals surface area contributed by atoms with Gasteiger partial charge in [-0.05, 0) is 24.6 Å². The summed E-state index contributed by atoms with van der Waals surface area (Å²) in [5, 5.41) is 0. The summed E-state index contributed by atoms with van der Waals surface area (Å²) in [6, 6.07) is 5.55. The third kappa shape index (κ3) is 3.87. The topological polar surface area (TPSA) is 62.3 Å². The van der Waals surface area contributed by atoms with Crippen molar-refractivity contribution in [2.45, 2.75) is 6.92 Å². The van der Waals surface area contributed by atoms with Gasteiger partial charge in [-0.15, -0.1) is 0 Å². The van der Waals surface area contributed by atoms with E-state index in [1.165, 1.54) is 0 Å². The van der Waals surface area contributed by atoms with Crippen LogP contribution in [0.25, 0.3) is 0 Å². The average molecular weight is 347 g/mol. The van der Waals surface area contributed by atoms with E-state index in [0.717, 1.165) is 5.56 Å². The van der Waals surface area contributed by atoms with Crippen molar-refractivity contribution >= 4 is 11.9 Å². The first kappa shape index (κ1) is 17.5. The van der Waals surface area contributed by atoms with E-state index in [4.69, 9.17) is 9.47 Å². The molecule has 0 spiro atoms. The SMILES string of the molecule is COc1cc(C(=O)N2CCN(C(=O)N3CCOCC3)CC2)ccc1C. The minimum atomic E-state index is -0.0169. The molecule has 0 N–H and O–H groups in total. The second-order valence-electron chi connectivity index (χ2n) is 6.35. The number of amides is 3. The Labute approximate surface area is 148 Å². The number of rotatable bonds is 2. The average Bonchev–Trinajstić information content (AvgIpc) is 2.68. The van der Waals surface area contributed by atoms with Crippen molar-refractivity contribution in [2.75, 3.05) is 59.6 Å². The van der Waals surface area contributed by atoms with Crippen LogP contribution in [-0.4, -0.2) is 86.2 Å². The lowest BCUT2D eigenvalue weighted by Gasteiger charge is -2.38. The van der Waals surface area contributed by atoms with Gasteiger partial charge in [-0.2, -0.15) is 0 Å². The van der Waals surface area contributed by atoms with E-state index in [-0.39, 0.29) is 11.9 Å². The molecular weight excluding hydrogens is 322 g/mol. The first-order valence-electron chi connectivity index (χ1n) is 8.65. The van der Waals surface area contributed by atoms with E-state index in [1.54, 1.807) is 18.1 Å². The molecule has 2 aliphatic rings. The number of benzene rings is 1. The molecule has 0 bridgehead atoms. The highest BCUT2D eigenvalue weighted by Crippen LogP contribution is 2.20. The van der Waals surface area contributed by atoms with Gasteiger partial charge < -0.3 is 24.2 Å². The predicted molar refractivity (Wildman–Crippen MR) is 93.0 cm³/mol. The van der Waals surface area contributed by atoms with Crippen molar-refractivity contribution in [1.29, 1.82) is 0 Å². The predicted octanol–water partition coefficient (Wildman–Crippen LogP) is 1.21. The van der Waals surface area contributed by atoms with Gasteiger partial charge in [0.15, 0.2) is 0 Å². The molecule has 3 amide bonds. The molecule has 2 heterocycles. The van der Waals surface area contributed by atoms with E-state index in [1.807, 2.05) is 28.9 Å². The Morgan fingerprint density at radius 3 is 2.20 bits per heavy atom. The Hall–Kier alpha value is -2.28. The van der Waals surface area contributed by atoms with Crippen LogP contribution in [0.2, 0.25) is 0 Å². The molecule has 3 rings (SSSR count). The smallest absolute Gasteiger partial charge is 0.320 e. The van der Waals surface area contributed by atoms with Crippen LogP contribution in [0.15, 0.2) is 18.2 Å². The molecule has 2 aliphatic heterocycles. The van der Waals surface area contributed by atoms with Crippen molar-refractivity contribution in [1.82, 2.24) is 14.7 Å². The molecule has 0 unspecified atom stereocenters. The Bertz CT molecular complexity index is 635. The largest absolute Gasteiger partial charge is 0.496 e. The van der Waals surface area contributed by atoms with Crippen LogP contribution in [0.4, 0.5) is 4.79 Å². The van der Waals surface area contributed by atoms with Gasteiger partial charge >= 0.3 is 6.03 Å². The van der Waals surface area contributed by atoms with Gasteiger partial charge in [-0.25, -0.2) is 4.79 Å². The summed E-state index contributed by atoms with van der Waals surface area (Å²) in [6.07, 6.45) is 0. The van der Waals surface area contributed by atoms with Gasteiger partial charge in [0.2, 0.25) is 0 Å². The van der Waals surface area contributed by atoms with Gasteiger partial charge in [-0.1, -0.05) is 6.07 Å². The van der Waals surface area contributed by atoms with Crippen LogP contribution < -0.4 is 4.74 Å². The number of morpholine rings is 1. The third-order valence-corrected chi connectivity index (χ3v) is 4.77. The van der Waals surface area contributed by atoms with Crippen LogP contribution in [0.1, 0.15) is 15.9 Å². The fourth-order valence-electron chi connectivity index (χ4n) is 3.19. The van der Waals surface area contributed by atoms with E-state index >= 15 is 0 Å².